The lowest BCUT2D eigenvalue weighted by Crippen LogP contribution is -2.21. The summed E-state index contributed by atoms with van der Waals surface area (Å²) in [5.41, 5.74) is 2.48. The Labute approximate surface area is 261 Å². The van der Waals surface area contributed by atoms with E-state index in [2.05, 4.69) is 43.1 Å². The summed E-state index contributed by atoms with van der Waals surface area (Å²) in [6, 6.07) is 0. The maximum atomic E-state index is 12.3. The smallest absolute Gasteiger partial charge is 0.307 e. The monoisotopic (exact) mass is 596 g/mol. The van der Waals surface area contributed by atoms with Crippen LogP contribution in [0.5, 0.6) is 0 Å². The molecular weight excluding hydrogens is 540 g/mol. The highest BCUT2D eigenvalue weighted by molar-refractivity contribution is 5.69. The van der Waals surface area contributed by atoms with Gasteiger partial charge < -0.3 is 14.2 Å². The number of esters is 3. The average molecular weight is 597 g/mol. The minimum Gasteiger partial charge on any atom is -0.465 e. The van der Waals surface area contributed by atoms with Crippen LogP contribution in [0.2, 0.25) is 0 Å². The lowest BCUT2D eigenvalue weighted by Gasteiger charge is -2.19. The van der Waals surface area contributed by atoms with Crippen molar-refractivity contribution in [1.29, 1.82) is 0 Å². The molecule has 0 amide bonds. The Hall–Kier alpha value is -3.33. The predicted molar refractivity (Wildman–Crippen MR) is 176 cm³/mol. The van der Waals surface area contributed by atoms with Crippen LogP contribution in [0.3, 0.4) is 0 Å². The normalized spacial score (nSPS) is 12.5. The fourth-order valence-corrected chi connectivity index (χ4v) is 3.99. The number of rotatable bonds is 22. The lowest BCUT2D eigenvalue weighted by atomic mass is 10.0. The van der Waals surface area contributed by atoms with Crippen LogP contribution >= 0.6 is 0 Å². The molecule has 0 aliphatic heterocycles. The van der Waals surface area contributed by atoms with Crippen LogP contribution in [-0.4, -0.2) is 30.6 Å². The number of hydrogen-bond acceptors (Lipinski definition) is 6. The summed E-state index contributed by atoms with van der Waals surface area (Å²) in [7, 11) is 0. The van der Waals surface area contributed by atoms with E-state index in [-0.39, 0.29) is 19.0 Å². The Morgan fingerprint density at radius 1 is 0.767 bits per heavy atom. The summed E-state index contributed by atoms with van der Waals surface area (Å²) in [6.07, 6.45) is 26.7. The van der Waals surface area contributed by atoms with Crippen LogP contribution < -0.4 is 0 Å². The van der Waals surface area contributed by atoms with E-state index in [1.807, 2.05) is 32.9 Å². The summed E-state index contributed by atoms with van der Waals surface area (Å²) in [4.78, 5) is 35.5. The molecule has 0 rings (SSSR count). The van der Waals surface area contributed by atoms with Crippen LogP contribution in [0.15, 0.2) is 59.4 Å². The minimum absolute atomic E-state index is 0.104. The first-order chi connectivity index (χ1) is 20.6. The average Bonchev–Trinajstić information content (AvgIpc) is 2.94. The molecule has 0 fully saturated rings. The highest BCUT2D eigenvalue weighted by Gasteiger charge is 2.18. The van der Waals surface area contributed by atoms with Crippen molar-refractivity contribution in [2.75, 3.05) is 6.61 Å². The third kappa shape index (κ3) is 27.3. The first-order valence-corrected chi connectivity index (χ1v) is 16.0. The van der Waals surface area contributed by atoms with Gasteiger partial charge in [0.1, 0.15) is 6.10 Å². The molecule has 1 unspecified atom stereocenters. The molecule has 240 valence electrons. The van der Waals surface area contributed by atoms with Gasteiger partial charge >= 0.3 is 17.9 Å². The molecule has 0 spiro atoms. The largest absolute Gasteiger partial charge is 0.465 e. The van der Waals surface area contributed by atoms with E-state index >= 15 is 0 Å². The van der Waals surface area contributed by atoms with E-state index in [0.29, 0.717) is 18.4 Å². The second kappa shape index (κ2) is 27.5. The van der Waals surface area contributed by atoms with Crippen molar-refractivity contribution in [1.82, 2.24) is 0 Å². The molecule has 0 heterocycles. The van der Waals surface area contributed by atoms with Gasteiger partial charge in [-0.15, -0.1) is 0 Å². The summed E-state index contributed by atoms with van der Waals surface area (Å²) in [5, 5.41) is 0. The number of ether oxygens (including phenoxy) is 3. The van der Waals surface area contributed by atoms with Crippen molar-refractivity contribution in [2.24, 2.45) is 0 Å². The molecule has 0 aliphatic rings. The van der Waals surface area contributed by atoms with Gasteiger partial charge in [0, 0.05) is 38.7 Å². The molecule has 0 radical (unpaired) electrons. The Morgan fingerprint density at radius 3 is 2.05 bits per heavy atom. The van der Waals surface area contributed by atoms with Gasteiger partial charge in [-0.1, -0.05) is 86.8 Å². The van der Waals surface area contributed by atoms with Crippen LogP contribution in [-0.2, 0) is 28.6 Å². The number of unbranched alkanes of at least 4 members (excludes halogenated alkanes) is 8. The fourth-order valence-electron chi connectivity index (χ4n) is 3.99. The van der Waals surface area contributed by atoms with Crippen molar-refractivity contribution >= 4 is 17.9 Å². The molecule has 1 atom stereocenters. The number of hydrogen-bond donors (Lipinski definition) is 0. The van der Waals surface area contributed by atoms with Crippen molar-refractivity contribution in [2.45, 2.75) is 138 Å². The Balaban J connectivity index is 4.52. The van der Waals surface area contributed by atoms with Crippen molar-refractivity contribution in [3.05, 3.63) is 59.4 Å². The van der Waals surface area contributed by atoms with Gasteiger partial charge in [-0.25, -0.2) is 0 Å². The molecule has 0 aromatic heterocycles. The molecule has 0 aromatic carbocycles. The molecule has 6 nitrogen and oxygen atoms in total. The summed E-state index contributed by atoms with van der Waals surface area (Å²) in [6.45, 7) is 10.8. The number of allylic oxidation sites excluding steroid dienone is 7. The third-order valence-corrected chi connectivity index (χ3v) is 6.35. The lowest BCUT2D eigenvalue weighted by molar-refractivity contribution is -0.146. The van der Waals surface area contributed by atoms with E-state index in [4.69, 9.17) is 14.2 Å². The summed E-state index contributed by atoms with van der Waals surface area (Å²) < 4.78 is 16.0. The van der Waals surface area contributed by atoms with E-state index < -0.39 is 18.0 Å². The minimum atomic E-state index is -0.669. The second-order valence-corrected chi connectivity index (χ2v) is 11.0. The maximum absolute atomic E-state index is 12.3. The highest BCUT2D eigenvalue weighted by Crippen LogP contribution is 2.18. The standard InChI is InChI=1S/C37H56O6/c1-7-8-9-10-11-12-13-14-15-16-17-18-19-20-21-25-37(40)41-29-28-35(30-42-33(5)38)36(43-34(6)39)27-26-32(4)24-22-23-31(2)3/h11-12,14-15,23,26,30,36H,7-10,13,16-21,25,27-29H2,1-6H3/b12-11+,15-14+,32-26+,35-30-. The fraction of sp³-hybridized carbons (Fsp3) is 0.595. The van der Waals surface area contributed by atoms with Gasteiger partial charge in [-0.2, -0.15) is 0 Å². The first-order valence-electron chi connectivity index (χ1n) is 16.0. The van der Waals surface area contributed by atoms with Crippen molar-refractivity contribution in [3.63, 3.8) is 0 Å². The van der Waals surface area contributed by atoms with Gasteiger partial charge in [0.15, 0.2) is 0 Å². The SMILES string of the molecule is CCCCC/C=C/C/C=C/CCCCCCCC(=O)OCC/C(=C/OC(C)=O)C(C/C=C(\C)C#CC=C(C)C)OC(C)=O. The zero-order valence-electron chi connectivity index (χ0n) is 27.7. The quantitative estimate of drug-likeness (QED) is 0.0309. The molecule has 0 N–H and O–H groups in total. The van der Waals surface area contributed by atoms with Gasteiger partial charge in [-0.05, 0) is 70.9 Å². The first kappa shape index (κ1) is 39.7. The Bertz CT molecular complexity index is 1010. The number of carbonyl (C=O) groups is 3. The summed E-state index contributed by atoms with van der Waals surface area (Å²) >= 11 is 0. The number of carbonyl (C=O) groups excluding carboxylic acids is 3. The third-order valence-electron chi connectivity index (χ3n) is 6.35. The maximum Gasteiger partial charge on any atom is 0.307 e. The van der Waals surface area contributed by atoms with Gasteiger partial charge in [0.05, 0.1) is 12.9 Å². The van der Waals surface area contributed by atoms with Crippen LogP contribution in [0.25, 0.3) is 0 Å². The summed E-state index contributed by atoms with van der Waals surface area (Å²) in [5.74, 6) is 4.81. The van der Waals surface area contributed by atoms with Gasteiger partial charge in [-0.3, -0.25) is 14.4 Å². The van der Waals surface area contributed by atoms with E-state index in [9.17, 15) is 14.4 Å². The predicted octanol–water partition coefficient (Wildman–Crippen LogP) is 9.42. The van der Waals surface area contributed by atoms with E-state index in [1.54, 1.807) is 0 Å². The molecule has 0 aliphatic carbocycles. The van der Waals surface area contributed by atoms with E-state index in [0.717, 1.165) is 49.7 Å². The van der Waals surface area contributed by atoms with Crippen molar-refractivity contribution < 1.29 is 28.6 Å². The molecule has 6 heteroatoms. The van der Waals surface area contributed by atoms with Crippen molar-refractivity contribution in [3.8, 4) is 11.8 Å². The molecule has 0 bridgehead atoms. The molecule has 0 saturated heterocycles. The zero-order valence-corrected chi connectivity index (χ0v) is 27.7. The van der Waals surface area contributed by atoms with Crippen LogP contribution in [0.1, 0.15) is 131 Å². The Morgan fingerprint density at radius 2 is 1.42 bits per heavy atom. The molecular formula is C37H56O6. The molecule has 0 saturated carbocycles. The molecule has 0 aromatic rings. The van der Waals surface area contributed by atoms with E-state index in [1.165, 1.54) is 52.2 Å². The van der Waals surface area contributed by atoms with Gasteiger partial charge in [0.25, 0.3) is 0 Å². The highest BCUT2D eigenvalue weighted by atomic mass is 16.6. The van der Waals surface area contributed by atoms with Crippen LogP contribution in [0.4, 0.5) is 0 Å². The van der Waals surface area contributed by atoms with Crippen LogP contribution in [0, 0.1) is 11.8 Å². The van der Waals surface area contributed by atoms with Gasteiger partial charge in [0.2, 0.25) is 0 Å². The topological polar surface area (TPSA) is 78.9 Å². The zero-order chi connectivity index (χ0) is 32.1. The second-order valence-electron chi connectivity index (χ2n) is 11.0. The Kier molecular flexibility index (Phi) is 25.4. The molecule has 43 heavy (non-hydrogen) atoms.